The fourth-order valence-electron chi connectivity index (χ4n) is 6.19. The monoisotopic (exact) mass is 342 g/mol. The lowest BCUT2D eigenvalue weighted by atomic mass is 9.64. The summed E-state index contributed by atoms with van der Waals surface area (Å²) in [7, 11) is 0. The molecular formula is C20H32F2S. The molecule has 0 bridgehead atoms. The molecule has 0 aromatic rings. The number of hydrogen-bond acceptors (Lipinski definition) is 1. The standard InChI is InChI=1S/C20H32F2S/c1-11-3-6-13(7-4-11)14-9-10-16-15-8-5-12(2)17(21)19(15)23-20(16)18(14)22/h11-20H,3-10H2,1-2H3. The summed E-state index contributed by atoms with van der Waals surface area (Å²) in [6.45, 7) is 4.38. The van der Waals surface area contributed by atoms with E-state index in [0.29, 0.717) is 17.8 Å². The average molecular weight is 343 g/mol. The third-order valence-electron chi connectivity index (χ3n) is 7.74. The molecule has 1 aliphatic heterocycles. The first-order chi connectivity index (χ1) is 11.1. The summed E-state index contributed by atoms with van der Waals surface area (Å²) in [6, 6.07) is 0. The third-order valence-corrected chi connectivity index (χ3v) is 9.59. The molecule has 8 atom stereocenters. The fourth-order valence-corrected chi connectivity index (χ4v) is 8.40. The van der Waals surface area contributed by atoms with Crippen LogP contribution in [0, 0.1) is 35.5 Å². The maximum absolute atomic E-state index is 15.4. The van der Waals surface area contributed by atoms with Crippen LogP contribution >= 0.6 is 11.8 Å². The molecule has 0 spiro atoms. The van der Waals surface area contributed by atoms with Gasteiger partial charge in [-0.1, -0.05) is 26.7 Å². The quantitative estimate of drug-likeness (QED) is 0.559. The highest BCUT2D eigenvalue weighted by atomic mass is 32.2. The van der Waals surface area contributed by atoms with Gasteiger partial charge in [-0.05, 0) is 74.0 Å². The molecule has 132 valence electrons. The van der Waals surface area contributed by atoms with Crippen molar-refractivity contribution in [2.75, 3.05) is 0 Å². The molecule has 23 heavy (non-hydrogen) atoms. The molecule has 0 amide bonds. The van der Waals surface area contributed by atoms with E-state index in [0.717, 1.165) is 31.6 Å². The van der Waals surface area contributed by atoms with Gasteiger partial charge in [0.15, 0.2) is 0 Å². The molecule has 4 aliphatic rings. The van der Waals surface area contributed by atoms with E-state index >= 15 is 4.39 Å². The van der Waals surface area contributed by atoms with Crippen LogP contribution in [0.15, 0.2) is 0 Å². The molecule has 3 aliphatic carbocycles. The maximum atomic E-state index is 15.4. The van der Waals surface area contributed by atoms with Gasteiger partial charge in [0.05, 0.1) is 0 Å². The summed E-state index contributed by atoms with van der Waals surface area (Å²) >= 11 is 1.72. The molecule has 3 saturated carbocycles. The lowest BCUT2D eigenvalue weighted by Crippen LogP contribution is -2.43. The molecule has 1 heterocycles. The van der Waals surface area contributed by atoms with E-state index < -0.39 is 12.3 Å². The third kappa shape index (κ3) is 2.87. The van der Waals surface area contributed by atoms with Gasteiger partial charge in [-0.25, -0.2) is 8.78 Å². The lowest BCUT2D eigenvalue weighted by Gasteiger charge is -2.42. The Kier molecular flexibility index (Phi) is 4.71. The Morgan fingerprint density at radius 1 is 0.652 bits per heavy atom. The Morgan fingerprint density at radius 2 is 1.22 bits per heavy atom. The van der Waals surface area contributed by atoms with Crippen molar-refractivity contribution in [3.63, 3.8) is 0 Å². The Bertz CT molecular complexity index is 420. The van der Waals surface area contributed by atoms with Crippen LogP contribution in [0.4, 0.5) is 8.78 Å². The number of halogens is 2. The lowest BCUT2D eigenvalue weighted by molar-refractivity contribution is 0.0422. The van der Waals surface area contributed by atoms with E-state index in [1.165, 1.54) is 25.7 Å². The molecule has 0 N–H and O–H groups in total. The molecule has 1 saturated heterocycles. The van der Waals surface area contributed by atoms with Gasteiger partial charge >= 0.3 is 0 Å². The fraction of sp³-hybridized carbons (Fsp3) is 1.00. The molecule has 4 fully saturated rings. The van der Waals surface area contributed by atoms with E-state index in [1.54, 1.807) is 11.8 Å². The van der Waals surface area contributed by atoms with Gasteiger partial charge in [0.2, 0.25) is 0 Å². The van der Waals surface area contributed by atoms with E-state index in [4.69, 9.17) is 0 Å². The highest BCUT2D eigenvalue weighted by Crippen LogP contribution is 2.59. The highest BCUT2D eigenvalue weighted by Gasteiger charge is 2.56. The van der Waals surface area contributed by atoms with Crippen LogP contribution in [0.25, 0.3) is 0 Å². The summed E-state index contributed by atoms with van der Waals surface area (Å²) < 4.78 is 30.1. The minimum absolute atomic E-state index is 0.0946. The van der Waals surface area contributed by atoms with Crippen LogP contribution in [0.1, 0.15) is 65.2 Å². The van der Waals surface area contributed by atoms with Gasteiger partial charge in [0.25, 0.3) is 0 Å². The van der Waals surface area contributed by atoms with Crippen molar-refractivity contribution in [1.29, 1.82) is 0 Å². The van der Waals surface area contributed by atoms with Gasteiger partial charge in [-0.3, -0.25) is 0 Å². The molecule has 0 radical (unpaired) electrons. The smallest absolute Gasteiger partial charge is 0.115 e. The minimum atomic E-state index is -0.703. The Hall–Kier alpha value is 0.210. The van der Waals surface area contributed by atoms with Crippen molar-refractivity contribution >= 4 is 11.8 Å². The number of alkyl halides is 2. The van der Waals surface area contributed by atoms with Gasteiger partial charge in [0, 0.05) is 10.5 Å². The van der Waals surface area contributed by atoms with E-state index in [-0.39, 0.29) is 22.3 Å². The second-order valence-electron chi connectivity index (χ2n) is 9.10. The highest BCUT2D eigenvalue weighted by molar-refractivity contribution is 8.00. The zero-order chi connectivity index (χ0) is 16.1. The van der Waals surface area contributed by atoms with Crippen LogP contribution in [-0.4, -0.2) is 22.8 Å². The molecular weight excluding hydrogens is 310 g/mol. The number of hydrogen-bond donors (Lipinski definition) is 0. The van der Waals surface area contributed by atoms with E-state index in [2.05, 4.69) is 6.92 Å². The van der Waals surface area contributed by atoms with E-state index in [9.17, 15) is 4.39 Å². The number of rotatable bonds is 1. The largest absolute Gasteiger partial charge is 0.246 e. The minimum Gasteiger partial charge on any atom is -0.246 e. The zero-order valence-electron chi connectivity index (χ0n) is 14.6. The van der Waals surface area contributed by atoms with Crippen molar-refractivity contribution in [2.24, 2.45) is 35.5 Å². The van der Waals surface area contributed by atoms with Crippen molar-refractivity contribution in [3.05, 3.63) is 0 Å². The Balaban J connectivity index is 1.46. The first-order valence-electron chi connectivity index (χ1n) is 10.00. The number of thioether (sulfide) groups is 1. The summed E-state index contributed by atoms with van der Waals surface area (Å²) in [5.41, 5.74) is 0. The molecule has 0 aromatic carbocycles. The zero-order valence-corrected chi connectivity index (χ0v) is 15.4. The average Bonchev–Trinajstić information content (AvgIpc) is 2.93. The van der Waals surface area contributed by atoms with Crippen LogP contribution in [0.5, 0.6) is 0 Å². The van der Waals surface area contributed by atoms with Gasteiger partial charge in [-0.15, -0.1) is 11.8 Å². The van der Waals surface area contributed by atoms with Gasteiger partial charge < -0.3 is 0 Å². The van der Waals surface area contributed by atoms with Crippen LogP contribution < -0.4 is 0 Å². The molecule has 8 unspecified atom stereocenters. The van der Waals surface area contributed by atoms with Crippen LogP contribution in [-0.2, 0) is 0 Å². The second kappa shape index (κ2) is 6.50. The van der Waals surface area contributed by atoms with Crippen molar-refractivity contribution in [1.82, 2.24) is 0 Å². The first kappa shape index (κ1) is 16.7. The second-order valence-corrected chi connectivity index (χ2v) is 10.5. The molecule has 4 rings (SSSR count). The predicted molar refractivity (Wildman–Crippen MR) is 94.2 cm³/mol. The number of fused-ring (bicyclic) bond motifs is 3. The molecule has 0 aromatic heterocycles. The van der Waals surface area contributed by atoms with Gasteiger partial charge in [0.1, 0.15) is 12.3 Å². The molecule has 3 heteroatoms. The molecule has 0 nitrogen and oxygen atoms in total. The SMILES string of the molecule is CC1CCC(C2CCC3C4CCC(C)C(F)C4SC3C2F)CC1. The van der Waals surface area contributed by atoms with Crippen LogP contribution in [0.2, 0.25) is 0 Å². The van der Waals surface area contributed by atoms with E-state index in [1.807, 2.05) is 6.92 Å². The van der Waals surface area contributed by atoms with Crippen molar-refractivity contribution in [2.45, 2.75) is 88.1 Å². The topological polar surface area (TPSA) is 0 Å². The maximum Gasteiger partial charge on any atom is 0.115 e. The summed E-state index contributed by atoms with van der Waals surface area (Å²) in [5, 5.41) is 0.198. The Morgan fingerprint density at radius 3 is 1.91 bits per heavy atom. The first-order valence-corrected chi connectivity index (χ1v) is 10.9. The Labute approximate surface area is 144 Å². The van der Waals surface area contributed by atoms with Crippen molar-refractivity contribution < 1.29 is 8.78 Å². The summed E-state index contributed by atoms with van der Waals surface area (Å²) in [6.07, 6.45) is 8.01. The van der Waals surface area contributed by atoms with Crippen LogP contribution in [0.3, 0.4) is 0 Å². The summed E-state index contributed by atoms with van der Waals surface area (Å²) in [5.74, 6) is 2.81. The van der Waals surface area contributed by atoms with Gasteiger partial charge in [-0.2, -0.15) is 0 Å². The summed E-state index contributed by atoms with van der Waals surface area (Å²) in [4.78, 5) is 0. The van der Waals surface area contributed by atoms with Crippen molar-refractivity contribution in [3.8, 4) is 0 Å². The normalized spacial score (nSPS) is 56.9. The predicted octanol–water partition coefficient (Wildman–Crippen LogP) is 6.05.